The van der Waals surface area contributed by atoms with Crippen LogP contribution in [0.1, 0.15) is 22.3 Å². The molecule has 2 aromatic rings. The average molecular weight is 310 g/mol. The maximum absolute atomic E-state index is 11.8. The molecule has 0 aromatic carbocycles. The molecule has 1 atom stereocenters. The van der Waals surface area contributed by atoms with Gasteiger partial charge < -0.3 is 15.5 Å². The Morgan fingerprint density at radius 3 is 2.90 bits per heavy atom. The molecule has 9 heteroatoms. The number of aliphatic hydroxyl groups is 1. The summed E-state index contributed by atoms with van der Waals surface area (Å²) in [5.41, 5.74) is -1.96. The second-order valence-corrected chi connectivity index (χ2v) is 5.67. The van der Waals surface area contributed by atoms with E-state index in [9.17, 15) is 14.7 Å². The number of carbonyl (C=O) groups is 2. The smallest absolute Gasteiger partial charge is 0.337 e. The second-order valence-electron chi connectivity index (χ2n) is 4.64. The number of hydrogen-bond acceptors (Lipinski definition) is 6. The summed E-state index contributed by atoms with van der Waals surface area (Å²) in [5.74, 6) is -2.00. The summed E-state index contributed by atoms with van der Waals surface area (Å²) in [4.78, 5) is 23.6. The Balaban J connectivity index is 1.94. The van der Waals surface area contributed by atoms with Crippen LogP contribution in [0, 0.1) is 0 Å². The van der Waals surface area contributed by atoms with E-state index in [1.54, 1.807) is 11.3 Å². The number of carboxylic acids is 1. The second kappa shape index (κ2) is 6.02. The van der Waals surface area contributed by atoms with Gasteiger partial charge in [-0.15, -0.1) is 16.4 Å². The van der Waals surface area contributed by atoms with Crippen LogP contribution in [-0.2, 0) is 11.3 Å². The minimum atomic E-state index is -2.03. The predicted octanol–water partition coefficient (Wildman–Crippen LogP) is -0.0467. The number of nitrogens with zero attached hydrogens (tertiary/aromatic N) is 3. The van der Waals surface area contributed by atoms with Crippen LogP contribution in [0.3, 0.4) is 0 Å². The van der Waals surface area contributed by atoms with Crippen molar-refractivity contribution in [1.29, 1.82) is 0 Å². The molecule has 0 aliphatic heterocycles. The minimum absolute atomic E-state index is 0.0627. The lowest BCUT2D eigenvalue weighted by molar-refractivity contribution is -0.155. The van der Waals surface area contributed by atoms with E-state index in [4.69, 9.17) is 5.11 Å². The summed E-state index contributed by atoms with van der Waals surface area (Å²) in [7, 11) is 0. The maximum atomic E-state index is 11.8. The largest absolute Gasteiger partial charge is 0.479 e. The molecule has 1 unspecified atom stereocenters. The quantitative estimate of drug-likeness (QED) is 0.689. The Morgan fingerprint density at radius 1 is 1.52 bits per heavy atom. The molecule has 2 heterocycles. The molecule has 0 fully saturated rings. The lowest BCUT2D eigenvalue weighted by atomic mass is 10.1. The molecule has 0 radical (unpaired) electrons. The molecule has 0 aliphatic rings. The van der Waals surface area contributed by atoms with E-state index in [-0.39, 0.29) is 5.69 Å². The van der Waals surface area contributed by atoms with Crippen LogP contribution in [-0.4, -0.2) is 49.2 Å². The first-order valence-corrected chi connectivity index (χ1v) is 6.93. The average Bonchev–Trinajstić information content (AvgIpc) is 3.08. The van der Waals surface area contributed by atoms with Crippen LogP contribution in [0.15, 0.2) is 23.7 Å². The summed E-state index contributed by atoms with van der Waals surface area (Å²) in [5, 5.41) is 30.0. The molecule has 0 spiro atoms. The van der Waals surface area contributed by atoms with Gasteiger partial charge in [-0.2, -0.15) is 0 Å². The summed E-state index contributed by atoms with van der Waals surface area (Å²) in [6.45, 7) is 1.19. The standard InChI is InChI=1S/C12H14N4O4S/c1-12(20,11(18)19)7-13-10(17)9-6-16(15-14-9)5-8-3-2-4-21-8/h2-4,6,20H,5,7H2,1H3,(H,13,17)(H,18,19). The van der Waals surface area contributed by atoms with Gasteiger partial charge in [-0.1, -0.05) is 11.3 Å². The van der Waals surface area contributed by atoms with Gasteiger partial charge in [-0.25, -0.2) is 9.48 Å². The number of rotatable bonds is 6. The van der Waals surface area contributed by atoms with Crippen LogP contribution in [0.5, 0.6) is 0 Å². The fraction of sp³-hybridized carbons (Fsp3) is 0.333. The predicted molar refractivity (Wildman–Crippen MR) is 74.0 cm³/mol. The SMILES string of the molecule is CC(O)(CNC(=O)c1cn(Cc2cccs2)nn1)C(=O)O. The van der Waals surface area contributed by atoms with Crippen LogP contribution in [0.2, 0.25) is 0 Å². The Morgan fingerprint density at radius 2 is 2.29 bits per heavy atom. The van der Waals surface area contributed by atoms with Gasteiger partial charge in [0.25, 0.3) is 5.91 Å². The number of aliphatic carboxylic acids is 1. The number of carbonyl (C=O) groups excluding carboxylic acids is 1. The van der Waals surface area contributed by atoms with E-state index in [1.165, 1.54) is 10.9 Å². The molecule has 112 valence electrons. The fourth-order valence-corrected chi connectivity index (χ4v) is 2.16. The number of thiophene rings is 1. The van der Waals surface area contributed by atoms with Crippen LogP contribution >= 0.6 is 11.3 Å². The van der Waals surface area contributed by atoms with E-state index in [0.29, 0.717) is 6.54 Å². The van der Waals surface area contributed by atoms with Crippen molar-refractivity contribution in [1.82, 2.24) is 20.3 Å². The van der Waals surface area contributed by atoms with Gasteiger partial charge in [0.15, 0.2) is 11.3 Å². The molecular formula is C12H14N4O4S. The minimum Gasteiger partial charge on any atom is -0.479 e. The van der Waals surface area contributed by atoms with Crippen LogP contribution < -0.4 is 5.32 Å². The van der Waals surface area contributed by atoms with Crippen molar-refractivity contribution in [2.75, 3.05) is 6.54 Å². The van der Waals surface area contributed by atoms with E-state index in [2.05, 4.69) is 15.6 Å². The topological polar surface area (TPSA) is 117 Å². The molecule has 21 heavy (non-hydrogen) atoms. The third kappa shape index (κ3) is 3.86. The van der Waals surface area contributed by atoms with Gasteiger partial charge in [-0.05, 0) is 18.4 Å². The first-order valence-electron chi connectivity index (χ1n) is 6.05. The number of carboxylic acid groups (broad SMARTS) is 1. The number of hydrogen-bond donors (Lipinski definition) is 3. The maximum Gasteiger partial charge on any atom is 0.337 e. The van der Waals surface area contributed by atoms with Gasteiger partial charge in [0.1, 0.15) is 0 Å². The van der Waals surface area contributed by atoms with Crippen molar-refractivity contribution < 1.29 is 19.8 Å². The molecule has 0 bridgehead atoms. The zero-order valence-electron chi connectivity index (χ0n) is 11.2. The Kier molecular flexibility index (Phi) is 4.34. The molecule has 2 aromatic heterocycles. The van der Waals surface area contributed by atoms with E-state index < -0.39 is 24.0 Å². The highest BCUT2D eigenvalue weighted by Crippen LogP contribution is 2.10. The summed E-state index contributed by atoms with van der Waals surface area (Å²) in [6.07, 6.45) is 1.46. The third-order valence-electron chi connectivity index (χ3n) is 2.72. The van der Waals surface area contributed by atoms with E-state index >= 15 is 0 Å². The normalized spacial score (nSPS) is 13.6. The monoisotopic (exact) mass is 310 g/mol. The highest BCUT2D eigenvalue weighted by Gasteiger charge is 2.30. The van der Waals surface area contributed by atoms with Gasteiger partial charge in [-0.3, -0.25) is 4.79 Å². The summed E-state index contributed by atoms with van der Waals surface area (Å²) < 4.78 is 1.51. The van der Waals surface area contributed by atoms with Crippen LogP contribution in [0.4, 0.5) is 0 Å². The Bertz CT molecular complexity index is 635. The van der Waals surface area contributed by atoms with Gasteiger partial charge in [0, 0.05) is 4.88 Å². The number of nitrogens with one attached hydrogen (secondary N) is 1. The highest BCUT2D eigenvalue weighted by molar-refractivity contribution is 7.09. The van der Waals surface area contributed by atoms with Crippen molar-refractivity contribution in [2.24, 2.45) is 0 Å². The van der Waals surface area contributed by atoms with Gasteiger partial charge in [0.2, 0.25) is 0 Å². The molecule has 2 rings (SSSR count). The zero-order valence-corrected chi connectivity index (χ0v) is 12.0. The number of aromatic nitrogens is 3. The lowest BCUT2D eigenvalue weighted by Crippen LogP contribution is -2.46. The lowest BCUT2D eigenvalue weighted by Gasteiger charge is -2.17. The molecule has 0 saturated heterocycles. The molecule has 0 saturated carbocycles. The van der Waals surface area contributed by atoms with Crippen molar-refractivity contribution in [3.63, 3.8) is 0 Å². The third-order valence-corrected chi connectivity index (χ3v) is 3.58. The van der Waals surface area contributed by atoms with Crippen molar-refractivity contribution >= 4 is 23.2 Å². The van der Waals surface area contributed by atoms with E-state index in [0.717, 1.165) is 11.8 Å². The first kappa shape index (κ1) is 15.1. The highest BCUT2D eigenvalue weighted by atomic mass is 32.1. The summed E-state index contributed by atoms with van der Waals surface area (Å²) >= 11 is 1.56. The summed E-state index contributed by atoms with van der Waals surface area (Å²) in [6, 6.07) is 3.86. The van der Waals surface area contributed by atoms with E-state index in [1.807, 2.05) is 17.5 Å². The zero-order chi connectivity index (χ0) is 15.5. The van der Waals surface area contributed by atoms with Crippen molar-refractivity contribution in [3.05, 3.63) is 34.3 Å². The number of amides is 1. The molecule has 1 amide bonds. The molecule has 3 N–H and O–H groups in total. The fourth-order valence-electron chi connectivity index (χ4n) is 1.46. The first-order chi connectivity index (χ1) is 9.88. The Labute approximate surface area is 124 Å². The van der Waals surface area contributed by atoms with Crippen LogP contribution in [0.25, 0.3) is 0 Å². The van der Waals surface area contributed by atoms with Crippen molar-refractivity contribution in [2.45, 2.75) is 19.1 Å². The van der Waals surface area contributed by atoms with Crippen molar-refractivity contribution in [3.8, 4) is 0 Å². The molecule has 8 nitrogen and oxygen atoms in total. The van der Waals surface area contributed by atoms with Gasteiger partial charge >= 0.3 is 5.97 Å². The Hall–Kier alpha value is -2.26. The molecular weight excluding hydrogens is 296 g/mol. The molecule has 0 aliphatic carbocycles. The van der Waals surface area contributed by atoms with Gasteiger partial charge in [0.05, 0.1) is 19.3 Å².